The molecule has 1 aliphatic rings. The number of ether oxygens (including phenoxy) is 1. The van der Waals surface area contributed by atoms with E-state index in [-0.39, 0.29) is 5.82 Å². The summed E-state index contributed by atoms with van der Waals surface area (Å²) in [6.45, 7) is 7.82. The largest absolute Gasteiger partial charge is 0.453 e. The van der Waals surface area contributed by atoms with Gasteiger partial charge in [-0.25, -0.2) is 9.37 Å². The fourth-order valence-electron chi connectivity index (χ4n) is 5.03. The van der Waals surface area contributed by atoms with Crippen molar-refractivity contribution in [2.24, 2.45) is 0 Å². The molecule has 3 N–H and O–H groups in total. The molecule has 37 heavy (non-hydrogen) atoms. The number of pyridine rings is 1. The molecule has 0 radical (unpaired) electrons. The summed E-state index contributed by atoms with van der Waals surface area (Å²) in [6, 6.07) is 13.2. The molecule has 1 saturated heterocycles. The summed E-state index contributed by atoms with van der Waals surface area (Å²) in [5.41, 5.74) is 3.64. The summed E-state index contributed by atoms with van der Waals surface area (Å²) in [6.07, 6.45) is 3.77. The van der Waals surface area contributed by atoms with Crippen molar-refractivity contribution in [1.82, 2.24) is 24.9 Å². The molecule has 2 atom stereocenters. The minimum Gasteiger partial charge on any atom is -0.453 e. The molecule has 2 aromatic carbocycles. The second-order valence-corrected chi connectivity index (χ2v) is 10.1. The lowest BCUT2D eigenvalue weighted by Gasteiger charge is -2.37. The standard InChI is InChI=1S/C27H27ClFN7O/c1-15-11-35(12-16(2)30-15)20-9-22(29)25-23(10-20)33-34-26(25)32-19-8-24(27-31-17(3)13-36(27)14-19)37-21-6-4-5-18(28)7-21/h4-10,13-16,30H,11-12H2,1-3H3,(H2,32,33,34)/t15-,16-/m0/s1. The third-order valence-corrected chi connectivity index (χ3v) is 6.68. The molecule has 3 aromatic heterocycles. The first-order chi connectivity index (χ1) is 17.8. The summed E-state index contributed by atoms with van der Waals surface area (Å²) in [7, 11) is 0. The number of aromatic nitrogens is 4. The van der Waals surface area contributed by atoms with E-state index >= 15 is 4.39 Å². The molecular formula is C27H27ClFN7O. The van der Waals surface area contributed by atoms with Gasteiger partial charge in [0, 0.05) is 54.3 Å². The van der Waals surface area contributed by atoms with Gasteiger partial charge in [0.15, 0.2) is 17.2 Å². The highest BCUT2D eigenvalue weighted by atomic mass is 35.5. The van der Waals surface area contributed by atoms with Gasteiger partial charge in [-0.2, -0.15) is 5.10 Å². The average Bonchev–Trinajstić information content (AvgIpc) is 3.41. The van der Waals surface area contributed by atoms with Crippen molar-refractivity contribution in [3.05, 3.63) is 71.4 Å². The van der Waals surface area contributed by atoms with Crippen LogP contribution in [0.15, 0.2) is 54.9 Å². The first kappa shape index (κ1) is 23.6. The SMILES string of the molecule is Cc1cn2cc(Nc3n[nH]c4cc(N5C[C@H](C)N[C@@H](C)C5)cc(F)c34)cc(Oc3cccc(Cl)c3)c2n1. The number of H-pyrrole nitrogens is 1. The average molecular weight is 520 g/mol. The number of nitrogens with one attached hydrogen (secondary N) is 3. The van der Waals surface area contributed by atoms with E-state index in [9.17, 15) is 0 Å². The Kier molecular flexibility index (Phi) is 5.89. The molecule has 1 fully saturated rings. The van der Waals surface area contributed by atoms with E-state index in [4.69, 9.17) is 16.3 Å². The van der Waals surface area contributed by atoms with Crippen LogP contribution in [-0.4, -0.2) is 44.8 Å². The van der Waals surface area contributed by atoms with Crippen molar-refractivity contribution in [2.75, 3.05) is 23.3 Å². The molecule has 0 bridgehead atoms. The van der Waals surface area contributed by atoms with Crippen molar-refractivity contribution >= 4 is 45.3 Å². The van der Waals surface area contributed by atoms with E-state index in [1.54, 1.807) is 18.2 Å². The van der Waals surface area contributed by atoms with Gasteiger partial charge in [-0.1, -0.05) is 17.7 Å². The number of piperazine rings is 1. The van der Waals surface area contributed by atoms with E-state index in [1.165, 1.54) is 0 Å². The van der Waals surface area contributed by atoms with Gasteiger partial charge in [0.25, 0.3) is 0 Å². The predicted molar refractivity (Wildman–Crippen MR) is 145 cm³/mol. The summed E-state index contributed by atoms with van der Waals surface area (Å²) in [5, 5.41) is 15.1. The molecule has 0 saturated carbocycles. The zero-order valence-electron chi connectivity index (χ0n) is 20.7. The fourth-order valence-corrected chi connectivity index (χ4v) is 5.21. The van der Waals surface area contributed by atoms with Gasteiger partial charge in [0.1, 0.15) is 11.6 Å². The lowest BCUT2D eigenvalue weighted by Crippen LogP contribution is -2.54. The highest BCUT2D eigenvalue weighted by molar-refractivity contribution is 6.30. The van der Waals surface area contributed by atoms with Crippen molar-refractivity contribution in [1.29, 1.82) is 0 Å². The number of fused-ring (bicyclic) bond motifs is 2. The van der Waals surface area contributed by atoms with Gasteiger partial charge in [0.05, 0.1) is 22.3 Å². The first-order valence-corrected chi connectivity index (χ1v) is 12.6. The Morgan fingerprint density at radius 2 is 1.92 bits per heavy atom. The molecule has 0 unspecified atom stereocenters. The van der Waals surface area contributed by atoms with E-state index in [1.807, 2.05) is 48.0 Å². The third kappa shape index (κ3) is 4.68. The highest BCUT2D eigenvalue weighted by Gasteiger charge is 2.23. The molecule has 6 rings (SSSR count). The van der Waals surface area contributed by atoms with Gasteiger partial charge < -0.3 is 24.7 Å². The summed E-state index contributed by atoms with van der Waals surface area (Å²) in [5.74, 6) is 1.18. The van der Waals surface area contributed by atoms with Crippen LogP contribution in [0.4, 0.5) is 21.6 Å². The minimum atomic E-state index is -0.336. The first-order valence-electron chi connectivity index (χ1n) is 12.2. The van der Waals surface area contributed by atoms with Crippen molar-refractivity contribution < 1.29 is 9.13 Å². The van der Waals surface area contributed by atoms with Gasteiger partial charge >= 0.3 is 0 Å². The number of halogens is 2. The number of anilines is 3. The minimum absolute atomic E-state index is 0.326. The van der Waals surface area contributed by atoms with Gasteiger partial charge in [-0.05, 0) is 51.1 Å². The van der Waals surface area contributed by atoms with Crippen LogP contribution < -0.4 is 20.3 Å². The molecule has 8 nitrogen and oxygen atoms in total. The van der Waals surface area contributed by atoms with Gasteiger partial charge in [-0.15, -0.1) is 0 Å². The van der Waals surface area contributed by atoms with Gasteiger partial charge in [0.2, 0.25) is 0 Å². The van der Waals surface area contributed by atoms with E-state index in [0.29, 0.717) is 56.7 Å². The van der Waals surface area contributed by atoms with Crippen LogP contribution in [0.5, 0.6) is 11.5 Å². The second-order valence-electron chi connectivity index (χ2n) is 9.69. The molecule has 0 aliphatic carbocycles. The zero-order valence-corrected chi connectivity index (χ0v) is 21.5. The molecule has 0 amide bonds. The van der Waals surface area contributed by atoms with Crippen molar-refractivity contribution in [2.45, 2.75) is 32.9 Å². The van der Waals surface area contributed by atoms with Crippen LogP contribution in [0.3, 0.4) is 0 Å². The quantitative estimate of drug-likeness (QED) is 0.263. The van der Waals surface area contributed by atoms with E-state index in [0.717, 1.165) is 24.5 Å². The number of nitrogens with zero attached hydrogens (tertiary/aromatic N) is 4. The Morgan fingerprint density at radius 1 is 1.11 bits per heavy atom. The topological polar surface area (TPSA) is 82.5 Å². The maximum Gasteiger partial charge on any atom is 0.180 e. The molecule has 0 spiro atoms. The van der Waals surface area contributed by atoms with Crippen LogP contribution in [0, 0.1) is 12.7 Å². The lowest BCUT2D eigenvalue weighted by atomic mass is 10.1. The van der Waals surface area contributed by atoms with Crippen LogP contribution >= 0.6 is 11.6 Å². The van der Waals surface area contributed by atoms with Crippen LogP contribution in [0.2, 0.25) is 5.02 Å². The fraction of sp³-hybridized carbons (Fsp3) is 0.259. The number of aryl methyl sites for hydroxylation is 1. The molecular weight excluding hydrogens is 493 g/mol. The molecule has 10 heteroatoms. The Bertz CT molecular complexity index is 1600. The summed E-state index contributed by atoms with van der Waals surface area (Å²) >= 11 is 6.14. The Labute approximate surface area is 218 Å². The highest BCUT2D eigenvalue weighted by Crippen LogP contribution is 2.34. The predicted octanol–water partition coefficient (Wildman–Crippen LogP) is 6.03. The number of hydrogen-bond donors (Lipinski definition) is 3. The van der Waals surface area contributed by atoms with Crippen molar-refractivity contribution in [3.8, 4) is 11.5 Å². The number of rotatable bonds is 5. The second kappa shape index (κ2) is 9.24. The smallest absolute Gasteiger partial charge is 0.180 e. The summed E-state index contributed by atoms with van der Waals surface area (Å²) < 4.78 is 23.5. The number of hydrogen-bond acceptors (Lipinski definition) is 6. The maximum absolute atomic E-state index is 15.5. The lowest BCUT2D eigenvalue weighted by molar-refractivity contribution is 0.407. The van der Waals surface area contributed by atoms with Crippen molar-refractivity contribution in [3.63, 3.8) is 0 Å². The zero-order chi connectivity index (χ0) is 25.7. The maximum atomic E-state index is 15.5. The molecule has 4 heterocycles. The number of aromatic amines is 1. The summed E-state index contributed by atoms with van der Waals surface area (Å²) in [4.78, 5) is 6.79. The van der Waals surface area contributed by atoms with Crippen LogP contribution in [-0.2, 0) is 0 Å². The Balaban J connectivity index is 1.34. The molecule has 1 aliphatic heterocycles. The number of benzene rings is 2. The van der Waals surface area contributed by atoms with Crippen LogP contribution in [0.1, 0.15) is 19.5 Å². The van der Waals surface area contributed by atoms with Gasteiger partial charge in [-0.3, -0.25) is 5.10 Å². The third-order valence-electron chi connectivity index (χ3n) is 6.45. The monoisotopic (exact) mass is 519 g/mol. The Morgan fingerprint density at radius 3 is 2.70 bits per heavy atom. The molecule has 5 aromatic rings. The van der Waals surface area contributed by atoms with E-state index in [2.05, 4.69) is 44.6 Å². The van der Waals surface area contributed by atoms with Crippen LogP contribution in [0.25, 0.3) is 16.6 Å². The number of imidazole rings is 1. The normalized spacial score (nSPS) is 18.0. The Hall–Kier alpha value is -3.82. The molecule has 190 valence electrons. The van der Waals surface area contributed by atoms with E-state index < -0.39 is 0 Å².